The molecule has 2 nitrogen and oxygen atoms in total. The Morgan fingerprint density at radius 1 is 1.56 bits per heavy atom. The number of hydrogen-bond donors (Lipinski definition) is 0. The summed E-state index contributed by atoms with van der Waals surface area (Å²) >= 11 is 0. The fourth-order valence-electron chi connectivity index (χ4n) is 0.875. The summed E-state index contributed by atoms with van der Waals surface area (Å²) in [6, 6.07) is 0. The van der Waals surface area contributed by atoms with E-state index in [-0.39, 0.29) is 13.0 Å². The molecule has 0 aromatic carbocycles. The minimum atomic E-state index is -2.60. The van der Waals surface area contributed by atoms with E-state index >= 15 is 0 Å². The van der Waals surface area contributed by atoms with Crippen LogP contribution in [0.15, 0.2) is 0 Å². The van der Waals surface area contributed by atoms with E-state index in [0.717, 1.165) is 0 Å². The number of alkyl halides is 2. The molecule has 1 heterocycles. The Kier molecular flexibility index (Phi) is 1.64. The molecule has 0 aliphatic carbocycles. The number of rotatable bonds is 1. The molecule has 1 aliphatic heterocycles. The molecule has 1 rings (SSSR count). The van der Waals surface area contributed by atoms with E-state index in [1.54, 1.807) is 0 Å². The zero-order valence-corrected chi connectivity index (χ0v) is 4.81. The summed E-state index contributed by atoms with van der Waals surface area (Å²) in [5.41, 5.74) is 0. The second-order valence-electron chi connectivity index (χ2n) is 1.97. The minimum Gasteiger partial charge on any atom is -0.286 e. The molecule has 0 aromatic heterocycles. The highest BCUT2D eigenvalue weighted by molar-refractivity contribution is 5.78. The molecule has 1 amide bonds. The molecular weight excluding hydrogens is 128 g/mol. The minimum absolute atomic E-state index is 0.219. The number of nitrogens with zero attached hydrogens (tertiary/aromatic N) is 1. The Morgan fingerprint density at radius 3 is 2.44 bits per heavy atom. The van der Waals surface area contributed by atoms with Crippen molar-refractivity contribution in [1.82, 2.24) is 4.90 Å². The lowest BCUT2D eigenvalue weighted by Gasteiger charge is -2.12. The van der Waals surface area contributed by atoms with E-state index in [1.807, 2.05) is 0 Å². The van der Waals surface area contributed by atoms with Crippen LogP contribution in [0, 0.1) is 0 Å². The van der Waals surface area contributed by atoms with E-state index in [0.29, 0.717) is 11.3 Å². The predicted octanol–water partition coefficient (Wildman–Crippen LogP) is 0.831. The van der Waals surface area contributed by atoms with Crippen molar-refractivity contribution in [3.05, 3.63) is 0 Å². The molecule has 52 valence electrons. The van der Waals surface area contributed by atoms with Gasteiger partial charge in [-0.2, -0.15) is 8.78 Å². The summed E-state index contributed by atoms with van der Waals surface area (Å²) in [4.78, 5) is 11.1. The second-order valence-corrected chi connectivity index (χ2v) is 1.97. The fourth-order valence-corrected chi connectivity index (χ4v) is 0.875. The molecule has 0 spiro atoms. The smallest absolute Gasteiger partial charge is 0.286 e. The van der Waals surface area contributed by atoms with Crippen molar-refractivity contribution in [2.24, 2.45) is 0 Å². The van der Waals surface area contributed by atoms with Crippen LogP contribution >= 0.6 is 0 Å². The van der Waals surface area contributed by atoms with Gasteiger partial charge in [-0.3, -0.25) is 9.69 Å². The normalized spacial score (nSPS) is 19.9. The molecule has 0 unspecified atom stereocenters. The third-order valence-electron chi connectivity index (χ3n) is 1.35. The van der Waals surface area contributed by atoms with E-state index in [1.165, 1.54) is 0 Å². The maximum Gasteiger partial charge on any atom is 0.317 e. The summed E-state index contributed by atoms with van der Waals surface area (Å²) in [7, 11) is 0. The lowest BCUT2D eigenvalue weighted by molar-refractivity contribution is -0.139. The van der Waals surface area contributed by atoms with Crippen molar-refractivity contribution < 1.29 is 13.6 Å². The first kappa shape index (κ1) is 6.45. The van der Waals surface area contributed by atoms with Gasteiger partial charge >= 0.3 is 6.55 Å². The third-order valence-corrected chi connectivity index (χ3v) is 1.35. The second kappa shape index (κ2) is 2.29. The fraction of sp³-hybridized carbons (Fsp3) is 0.800. The van der Waals surface area contributed by atoms with E-state index in [4.69, 9.17) is 0 Å². The van der Waals surface area contributed by atoms with Crippen LogP contribution in [0.5, 0.6) is 0 Å². The van der Waals surface area contributed by atoms with Crippen LogP contribution in [-0.4, -0.2) is 23.9 Å². The van der Waals surface area contributed by atoms with E-state index < -0.39 is 12.5 Å². The van der Waals surface area contributed by atoms with Crippen LogP contribution in [0.4, 0.5) is 8.78 Å². The van der Waals surface area contributed by atoms with Gasteiger partial charge in [0.2, 0.25) is 5.91 Å². The Balaban J connectivity index is 2.49. The van der Waals surface area contributed by atoms with Crippen molar-refractivity contribution in [3.63, 3.8) is 0 Å². The maximum atomic E-state index is 11.7. The Hall–Kier alpha value is -0.670. The SMILES string of the molecule is O=C1CCCN1C(F)F. The van der Waals surface area contributed by atoms with Crippen LogP contribution in [0.1, 0.15) is 12.8 Å². The molecule has 4 heteroatoms. The maximum absolute atomic E-state index is 11.7. The monoisotopic (exact) mass is 135 g/mol. The number of carbonyl (C=O) groups excluding carboxylic acids is 1. The van der Waals surface area contributed by atoms with Gasteiger partial charge in [-0.05, 0) is 6.42 Å². The summed E-state index contributed by atoms with van der Waals surface area (Å²) < 4.78 is 23.4. The van der Waals surface area contributed by atoms with Gasteiger partial charge in [0.1, 0.15) is 0 Å². The largest absolute Gasteiger partial charge is 0.317 e. The van der Waals surface area contributed by atoms with Crippen LogP contribution < -0.4 is 0 Å². The number of halogens is 2. The molecule has 1 saturated heterocycles. The number of carbonyl (C=O) groups is 1. The molecular formula is C5H7F2NO. The molecule has 0 saturated carbocycles. The molecule has 0 aromatic rings. The Bertz CT molecular complexity index is 126. The van der Waals surface area contributed by atoms with E-state index in [2.05, 4.69) is 0 Å². The van der Waals surface area contributed by atoms with Gasteiger partial charge < -0.3 is 0 Å². The third kappa shape index (κ3) is 1.17. The lowest BCUT2D eigenvalue weighted by Crippen LogP contribution is -2.29. The molecule has 1 fully saturated rings. The van der Waals surface area contributed by atoms with Crippen LogP contribution in [0.25, 0.3) is 0 Å². The molecule has 9 heavy (non-hydrogen) atoms. The first-order chi connectivity index (χ1) is 4.22. The standard InChI is InChI=1S/C5H7F2NO/c6-5(7)8-3-1-2-4(8)9/h5H,1-3H2. The van der Waals surface area contributed by atoms with Gasteiger partial charge in [0.05, 0.1) is 0 Å². The van der Waals surface area contributed by atoms with Crippen LogP contribution in [-0.2, 0) is 4.79 Å². The van der Waals surface area contributed by atoms with Gasteiger partial charge in [0.25, 0.3) is 0 Å². The number of hydrogen-bond acceptors (Lipinski definition) is 1. The molecule has 0 atom stereocenters. The van der Waals surface area contributed by atoms with Gasteiger partial charge in [-0.1, -0.05) is 0 Å². The highest BCUT2D eigenvalue weighted by atomic mass is 19.3. The molecule has 0 bridgehead atoms. The zero-order chi connectivity index (χ0) is 6.85. The van der Waals surface area contributed by atoms with Gasteiger partial charge in [0, 0.05) is 13.0 Å². The number of likely N-dealkylation sites (tertiary alicyclic amines) is 1. The quantitative estimate of drug-likeness (QED) is 0.488. The summed E-state index contributed by atoms with van der Waals surface area (Å²) in [6.45, 7) is -2.38. The highest BCUT2D eigenvalue weighted by Crippen LogP contribution is 2.14. The summed E-state index contributed by atoms with van der Waals surface area (Å²) in [5.74, 6) is -0.426. The van der Waals surface area contributed by atoms with Crippen molar-refractivity contribution in [2.75, 3.05) is 6.54 Å². The van der Waals surface area contributed by atoms with Crippen molar-refractivity contribution >= 4 is 5.91 Å². The van der Waals surface area contributed by atoms with Gasteiger partial charge in [-0.15, -0.1) is 0 Å². The van der Waals surface area contributed by atoms with Crippen molar-refractivity contribution in [3.8, 4) is 0 Å². The van der Waals surface area contributed by atoms with Crippen molar-refractivity contribution in [2.45, 2.75) is 19.4 Å². The first-order valence-corrected chi connectivity index (χ1v) is 2.79. The predicted molar refractivity (Wildman–Crippen MR) is 27.0 cm³/mol. The van der Waals surface area contributed by atoms with Crippen molar-refractivity contribution in [1.29, 1.82) is 0 Å². The Labute approximate surface area is 51.4 Å². The molecule has 0 radical (unpaired) electrons. The first-order valence-electron chi connectivity index (χ1n) is 2.79. The molecule has 0 N–H and O–H groups in total. The lowest BCUT2D eigenvalue weighted by atomic mass is 10.4. The highest BCUT2D eigenvalue weighted by Gasteiger charge is 2.26. The Morgan fingerprint density at radius 2 is 2.22 bits per heavy atom. The topological polar surface area (TPSA) is 20.3 Å². The molecule has 1 aliphatic rings. The zero-order valence-electron chi connectivity index (χ0n) is 4.81. The van der Waals surface area contributed by atoms with Crippen LogP contribution in [0.2, 0.25) is 0 Å². The summed E-state index contributed by atoms with van der Waals surface area (Å²) in [5, 5.41) is 0. The average Bonchev–Trinajstić information content (AvgIpc) is 2.13. The average molecular weight is 135 g/mol. The van der Waals surface area contributed by atoms with E-state index in [9.17, 15) is 13.6 Å². The van der Waals surface area contributed by atoms with Gasteiger partial charge in [0.15, 0.2) is 0 Å². The van der Waals surface area contributed by atoms with Crippen LogP contribution in [0.3, 0.4) is 0 Å². The number of amides is 1. The summed E-state index contributed by atoms with van der Waals surface area (Å²) in [6.07, 6.45) is 0.855. The van der Waals surface area contributed by atoms with Gasteiger partial charge in [-0.25, -0.2) is 0 Å².